The molecule has 1 saturated carbocycles. The lowest BCUT2D eigenvalue weighted by atomic mass is 9.85. The molecule has 0 heterocycles. The first-order chi connectivity index (χ1) is 12.5. The van der Waals surface area contributed by atoms with Crippen LogP contribution in [0.2, 0.25) is 10.0 Å². The Morgan fingerprint density at radius 1 is 1.04 bits per heavy atom. The molecule has 0 atom stereocenters. The topological polar surface area (TPSA) is 67.4 Å². The lowest BCUT2D eigenvalue weighted by molar-refractivity contribution is -0.122. The predicted octanol–water partition coefficient (Wildman–Crippen LogP) is 4.99. The lowest BCUT2D eigenvalue weighted by Crippen LogP contribution is -2.29. The van der Waals surface area contributed by atoms with Gasteiger partial charge in [0.25, 0.3) is 5.91 Å². The SMILES string of the molecule is COc1ccc(C(=O)Nc2ccc(Cl)c(Cl)c2)c(NC(=O)C2CCC2)c1. The Kier molecular flexibility index (Phi) is 5.69. The first-order valence-electron chi connectivity index (χ1n) is 8.23. The summed E-state index contributed by atoms with van der Waals surface area (Å²) in [5.41, 5.74) is 1.26. The number of amides is 2. The van der Waals surface area contributed by atoms with E-state index in [2.05, 4.69) is 10.6 Å². The molecular formula is C19H18Cl2N2O3. The van der Waals surface area contributed by atoms with E-state index in [1.807, 2.05) is 0 Å². The minimum absolute atomic E-state index is 0.00665. The van der Waals surface area contributed by atoms with E-state index in [0.717, 1.165) is 19.3 Å². The fraction of sp³-hybridized carbons (Fsp3) is 0.263. The molecule has 136 valence electrons. The number of nitrogens with one attached hydrogen (secondary N) is 2. The van der Waals surface area contributed by atoms with Crippen LogP contribution in [0.3, 0.4) is 0 Å². The van der Waals surface area contributed by atoms with Gasteiger partial charge in [-0.1, -0.05) is 29.6 Å². The fourth-order valence-corrected chi connectivity index (χ4v) is 2.93. The summed E-state index contributed by atoms with van der Waals surface area (Å²) < 4.78 is 5.20. The van der Waals surface area contributed by atoms with E-state index in [1.54, 1.807) is 36.4 Å². The molecule has 0 spiro atoms. The molecule has 2 N–H and O–H groups in total. The number of methoxy groups -OCH3 is 1. The number of hydrogen-bond donors (Lipinski definition) is 2. The van der Waals surface area contributed by atoms with Crippen LogP contribution in [0.1, 0.15) is 29.6 Å². The Labute approximate surface area is 161 Å². The highest BCUT2D eigenvalue weighted by atomic mass is 35.5. The van der Waals surface area contributed by atoms with Crippen molar-refractivity contribution in [1.82, 2.24) is 0 Å². The van der Waals surface area contributed by atoms with Crippen LogP contribution in [-0.4, -0.2) is 18.9 Å². The second-order valence-electron chi connectivity index (χ2n) is 6.11. The Balaban J connectivity index is 1.83. The second kappa shape index (κ2) is 7.98. The molecule has 7 heteroatoms. The number of anilines is 2. The third-order valence-electron chi connectivity index (χ3n) is 4.38. The number of carbonyl (C=O) groups excluding carboxylic acids is 2. The van der Waals surface area contributed by atoms with E-state index in [9.17, 15) is 9.59 Å². The number of ether oxygens (including phenoxy) is 1. The maximum atomic E-state index is 12.7. The first kappa shape index (κ1) is 18.5. The van der Waals surface area contributed by atoms with Crippen molar-refractivity contribution in [2.24, 2.45) is 5.92 Å². The van der Waals surface area contributed by atoms with Crippen molar-refractivity contribution in [3.63, 3.8) is 0 Å². The highest BCUT2D eigenvalue weighted by Crippen LogP contribution is 2.30. The summed E-state index contributed by atoms with van der Waals surface area (Å²) in [4.78, 5) is 25.0. The van der Waals surface area contributed by atoms with Gasteiger partial charge in [-0.3, -0.25) is 9.59 Å². The van der Waals surface area contributed by atoms with E-state index in [0.29, 0.717) is 32.7 Å². The van der Waals surface area contributed by atoms with Crippen molar-refractivity contribution in [1.29, 1.82) is 0 Å². The third-order valence-corrected chi connectivity index (χ3v) is 5.12. The number of rotatable bonds is 5. The third kappa shape index (κ3) is 4.11. The van der Waals surface area contributed by atoms with Crippen LogP contribution in [0.15, 0.2) is 36.4 Å². The monoisotopic (exact) mass is 392 g/mol. The molecule has 5 nitrogen and oxygen atoms in total. The van der Waals surface area contributed by atoms with Gasteiger partial charge in [0, 0.05) is 17.7 Å². The van der Waals surface area contributed by atoms with Crippen molar-refractivity contribution >= 4 is 46.4 Å². The van der Waals surface area contributed by atoms with Crippen LogP contribution in [0, 0.1) is 5.92 Å². The van der Waals surface area contributed by atoms with Crippen LogP contribution >= 0.6 is 23.2 Å². The van der Waals surface area contributed by atoms with Gasteiger partial charge in [-0.05, 0) is 43.2 Å². The van der Waals surface area contributed by atoms with Gasteiger partial charge in [0.15, 0.2) is 0 Å². The minimum Gasteiger partial charge on any atom is -0.497 e. The number of carbonyl (C=O) groups is 2. The summed E-state index contributed by atoms with van der Waals surface area (Å²) in [5, 5.41) is 6.36. The van der Waals surface area contributed by atoms with Crippen molar-refractivity contribution in [3.05, 3.63) is 52.0 Å². The molecule has 1 aliphatic rings. The molecule has 0 radical (unpaired) electrons. The van der Waals surface area contributed by atoms with Crippen LogP contribution < -0.4 is 15.4 Å². The van der Waals surface area contributed by atoms with Gasteiger partial charge in [-0.15, -0.1) is 0 Å². The highest BCUT2D eigenvalue weighted by Gasteiger charge is 2.26. The average molecular weight is 393 g/mol. The number of halogens is 2. The summed E-state index contributed by atoms with van der Waals surface area (Å²) in [6.45, 7) is 0. The molecule has 2 amide bonds. The van der Waals surface area contributed by atoms with E-state index in [-0.39, 0.29) is 17.7 Å². The molecule has 3 rings (SSSR count). The number of hydrogen-bond acceptors (Lipinski definition) is 3. The van der Waals surface area contributed by atoms with Gasteiger partial charge in [-0.2, -0.15) is 0 Å². The Bertz CT molecular complexity index is 851. The largest absolute Gasteiger partial charge is 0.497 e. The van der Waals surface area contributed by atoms with E-state index in [4.69, 9.17) is 27.9 Å². The standard InChI is InChI=1S/C19H18Cl2N2O3/c1-26-13-6-7-14(17(10-13)23-18(24)11-3-2-4-11)19(25)22-12-5-8-15(20)16(21)9-12/h5-11H,2-4H2,1H3,(H,22,25)(H,23,24). The molecule has 26 heavy (non-hydrogen) atoms. The molecular weight excluding hydrogens is 375 g/mol. The number of benzene rings is 2. The Morgan fingerprint density at radius 3 is 2.42 bits per heavy atom. The molecule has 0 aliphatic heterocycles. The highest BCUT2D eigenvalue weighted by molar-refractivity contribution is 6.42. The molecule has 0 saturated heterocycles. The second-order valence-corrected chi connectivity index (χ2v) is 6.93. The van der Waals surface area contributed by atoms with Gasteiger partial charge in [-0.25, -0.2) is 0 Å². The van der Waals surface area contributed by atoms with E-state index in [1.165, 1.54) is 7.11 Å². The van der Waals surface area contributed by atoms with Crippen LogP contribution in [-0.2, 0) is 4.79 Å². The van der Waals surface area contributed by atoms with Crippen LogP contribution in [0.5, 0.6) is 5.75 Å². The van der Waals surface area contributed by atoms with Crippen molar-refractivity contribution in [3.8, 4) is 5.75 Å². The zero-order valence-electron chi connectivity index (χ0n) is 14.1. The molecule has 0 bridgehead atoms. The summed E-state index contributed by atoms with van der Waals surface area (Å²) in [6, 6.07) is 9.75. The summed E-state index contributed by atoms with van der Waals surface area (Å²) >= 11 is 11.9. The fourth-order valence-electron chi connectivity index (χ4n) is 2.63. The molecule has 0 aromatic heterocycles. The zero-order valence-corrected chi connectivity index (χ0v) is 15.7. The summed E-state index contributed by atoms with van der Waals surface area (Å²) in [5.74, 6) is 0.121. The van der Waals surface area contributed by atoms with E-state index >= 15 is 0 Å². The van der Waals surface area contributed by atoms with Crippen LogP contribution in [0.25, 0.3) is 0 Å². The molecule has 2 aromatic carbocycles. The summed E-state index contributed by atoms with van der Waals surface area (Å²) in [7, 11) is 1.53. The predicted molar refractivity (Wildman–Crippen MR) is 103 cm³/mol. The van der Waals surface area contributed by atoms with Crippen molar-refractivity contribution in [2.45, 2.75) is 19.3 Å². The smallest absolute Gasteiger partial charge is 0.257 e. The Hall–Kier alpha value is -2.24. The van der Waals surface area contributed by atoms with E-state index < -0.39 is 0 Å². The average Bonchev–Trinajstić information content (AvgIpc) is 2.56. The zero-order chi connectivity index (χ0) is 18.7. The molecule has 2 aromatic rings. The van der Waals surface area contributed by atoms with Gasteiger partial charge in [0.2, 0.25) is 5.91 Å². The molecule has 0 unspecified atom stereocenters. The molecule has 1 fully saturated rings. The molecule has 1 aliphatic carbocycles. The van der Waals surface area contributed by atoms with Gasteiger partial charge >= 0.3 is 0 Å². The van der Waals surface area contributed by atoms with Gasteiger partial charge < -0.3 is 15.4 Å². The minimum atomic E-state index is -0.366. The first-order valence-corrected chi connectivity index (χ1v) is 8.99. The Morgan fingerprint density at radius 2 is 1.81 bits per heavy atom. The van der Waals surface area contributed by atoms with Crippen LogP contribution in [0.4, 0.5) is 11.4 Å². The normalized spacial score (nSPS) is 13.7. The lowest BCUT2D eigenvalue weighted by Gasteiger charge is -2.24. The quantitative estimate of drug-likeness (QED) is 0.752. The summed E-state index contributed by atoms with van der Waals surface area (Å²) in [6.07, 6.45) is 2.81. The maximum Gasteiger partial charge on any atom is 0.257 e. The van der Waals surface area contributed by atoms with Gasteiger partial charge in [0.05, 0.1) is 28.4 Å². The maximum absolute atomic E-state index is 12.7. The van der Waals surface area contributed by atoms with Gasteiger partial charge in [0.1, 0.15) is 5.75 Å². The van der Waals surface area contributed by atoms with Crippen molar-refractivity contribution in [2.75, 3.05) is 17.7 Å². The van der Waals surface area contributed by atoms with Crippen molar-refractivity contribution < 1.29 is 14.3 Å².